The molecule has 0 amide bonds. The Labute approximate surface area is 259 Å². The molecular formula is C34H34N2O7S. The molecule has 1 aliphatic rings. The van der Waals surface area contributed by atoms with Gasteiger partial charge in [-0.3, -0.25) is 9.36 Å². The number of aryl methyl sites for hydroxylation is 1. The second kappa shape index (κ2) is 13.6. The van der Waals surface area contributed by atoms with E-state index in [1.54, 1.807) is 56.9 Å². The van der Waals surface area contributed by atoms with Gasteiger partial charge in [-0.2, -0.15) is 0 Å². The molecule has 9 nitrogen and oxygen atoms in total. The second-order valence-corrected chi connectivity index (χ2v) is 11.0. The number of aromatic nitrogens is 1. The third-order valence-electron chi connectivity index (χ3n) is 7.06. The Hall–Kier alpha value is -4.83. The van der Waals surface area contributed by atoms with Crippen molar-refractivity contribution in [3.8, 4) is 23.0 Å². The monoisotopic (exact) mass is 614 g/mol. The minimum atomic E-state index is -0.703. The summed E-state index contributed by atoms with van der Waals surface area (Å²) in [6.45, 7) is 6.44. The highest BCUT2D eigenvalue weighted by molar-refractivity contribution is 7.07. The van der Waals surface area contributed by atoms with Crippen LogP contribution in [0.25, 0.3) is 6.08 Å². The first-order chi connectivity index (χ1) is 21.3. The molecule has 0 N–H and O–H groups in total. The normalized spacial score (nSPS) is 14.5. The number of benzene rings is 3. The lowest BCUT2D eigenvalue weighted by molar-refractivity contribution is -0.139. The molecule has 5 rings (SSSR count). The van der Waals surface area contributed by atoms with Crippen LogP contribution in [0.3, 0.4) is 0 Å². The van der Waals surface area contributed by atoms with Gasteiger partial charge in [0, 0.05) is 0 Å². The van der Waals surface area contributed by atoms with Crippen molar-refractivity contribution in [3.05, 3.63) is 114 Å². The Morgan fingerprint density at radius 1 is 0.909 bits per heavy atom. The van der Waals surface area contributed by atoms with Gasteiger partial charge in [0.2, 0.25) is 0 Å². The average molecular weight is 615 g/mol. The van der Waals surface area contributed by atoms with Crippen LogP contribution in [0.5, 0.6) is 23.0 Å². The van der Waals surface area contributed by atoms with Crippen molar-refractivity contribution in [1.29, 1.82) is 0 Å². The van der Waals surface area contributed by atoms with Crippen LogP contribution in [0.2, 0.25) is 0 Å². The van der Waals surface area contributed by atoms with E-state index in [9.17, 15) is 9.59 Å². The van der Waals surface area contributed by atoms with Crippen molar-refractivity contribution < 1.29 is 28.5 Å². The molecule has 0 saturated carbocycles. The van der Waals surface area contributed by atoms with Gasteiger partial charge in [-0.25, -0.2) is 9.79 Å². The van der Waals surface area contributed by atoms with E-state index in [2.05, 4.69) is 4.99 Å². The van der Waals surface area contributed by atoms with Crippen molar-refractivity contribution in [2.24, 2.45) is 4.99 Å². The molecule has 0 radical (unpaired) electrons. The van der Waals surface area contributed by atoms with E-state index in [0.717, 1.165) is 16.9 Å². The van der Waals surface area contributed by atoms with Crippen LogP contribution >= 0.6 is 11.3 Å². The lowest BCUT2D eigenvalue weighted by atomic mass is 9.96. The molecule has 228 valence electrons. The van der Waals surface area contributed by atoms with E-state index in [1.807, 2.05) is 55.5 Å². The molecule has 0 unspecified atom stereocenters. The molecule has 2 heterocycles. The fraction of sp³-hybridized carbons (Fsp3) is 0.265. The maximum absolute atomic E-state index is 13.9. The van der Waals surface area contributed by atoms with Gasteiger partial charge in [-0.05, 0) is 74.4 Å². The fourth-order valence-corrected chi connectivity index (χ4v) is 5.93. The van der Waals surface area contributed by atoms with E-state index in [4.69, 9.17) is 23.7 Å². The van der Waals surface area contributed by atoms with Crippen LogP contribution in [-0.2, 0) is 9.53 Å². The number of nitrogens with zero attached hydrogens (tertiary/aromatic N) is 2. The molecule has 1 aromatic heterocycles. The summed E-state index contributed by atoms with van der Waals surface area (Å²) >= 11 is 1.26. The van der Waals surface area contributed by atoms with Crippen LogP contribution in [0.4, 0.5) is 0 Å². The smallest absolute Gasteiger partial charge is 0.338 e. The summed E-state index contributed by atoms with van der Waals surface area (Å²) in [6.07, 6.45) is 1.78. The highest BCUT2D eigenvalue weighted by Gasteiger charge is 2.33. The first-order valence-corrected chi connectivity index (χ1v) is 15.0. The molecule has 1 atom stereocenters. The predicted molar refractivity (Wildman–Crippen MR) is 169 cm³/mol. The van der Waals surface area contributed by atoms with Crippen LogP contribution in [0.15, 0.2) is 87.8 Å². The molecule has 0 fully saturated rings. The summed E-state index contributed by atoms with van der Waals surface area (Å²) in [7, 11) is 3.15. The zero-order valence-corrected chi connectivity index (χ0v) is 26.1. The quantitative estimate of drug-likeness (QED) is 0.180. The molecule has 0 spiro atoms. The van der Waals surface area contributed by atoms with Crippen LogP contribution < -0.4 is 33.8 Å². The summed E-state index contributed by atoms with van der Waals surface area (Å²) < 4.78 is 29.9. The maximum atomic E-state index is 13.9. The predicted octanol–water partition coefficient (Wildman–Crippen LogP) is 4.58. The van der Waals surface area contributed by atoms with E-state index >= 15 is 0 Å². The molecule has 10 heteroatoms. The highest BCUT2D eigenvalue weighted by Crippen LogP contribution is 2.32. The van der Waals surface area contributed by atoms with Crippen molar-refractivity contribution in [1.82, 2.24) is 4.57 Å². The molecule has 44 heavy (non-hydrogen) atoms. The minimum absolute atomic E-state index is 0.205. The number of thiazole rings is 1. The van der Waals surface area contributed by atoms with Crippen molar-refractivity contribution in [2.45, 2.75) is 26.8 Å². The number of esters is 1. The van der Waals surface area contributed by atoms with Crippen molar-refractivity contribution >= 4 is 23.4 Å². The third kappa shape index (κ3) is 6.55. The summed E-state index contributed by atoms with van der Waals surface area (Å²) in [5.41, 5.74) is 3.22. The molecule has 4 aromatic rings. The topological polar surface area (TPSA) is 97.6 Å². The average Bonchev–Trinajstić information content (AvgIpc) is 3.33. The van der Waals surface area contributed by atoms with E-state index < -0.39 is 12.0 Å². The SMILES string of the molecule is CCOC(=O)C1=C(C)N=c2s/c(=C\c3ccc(OCCOc4ccc(C)cc4)c(OC)c3)c(=O)n2[C@@H]1c1ccc(OC)cc1. The van der Waals surface area contributed by atoms with Gasteiger partial charge >= 0.3 is 5.97 Å². The first kappa shape index (κ1) is 30.6. The lowest BCUT2D eigenvalue weighted by Crippen LogP contribution is -2.39. The van der Waals surface area contributed by atoms with Crippen LogP contribution in [0.1, 0.15) is 36.6 Å². The largest absolute Gasteiger partial charge is 0.497 e. The summed E-state index contributed by atoms with van der Waals surface area (Å²) in [5.74, 6) is 2.03. The van der Waals surface area contributed by atoms with Gasteiger partial charge < -0.3 is 23.7 Å². The van der Waals surface area contributed by atoms with E-state index in [0.29, 0.717) is 51.1 Å². The zero-order valence-electron chi connectivity index (χ0n) is 25.3. The standard InChI is InChI=1S/C34H34N2O7S/c1-6-41-33(38)30-22(3)35-34-36(31(30)24-10-14-25(39-4)15-11-24)32(37)29(44-34)20-23-9-16-27(28(19-23)40-5)43-18-17-42-26-12-7-21(2)8-13-26/h7-16,19-20,31H,6,17-18H2,1-5H3/b29-20-/t31-/m1/s1. The summed E-state index contributed by atoms with van der Waals surface area (Å²) in [5, 5.41) is 0. The van der Waals surface area contributed by atoms with Gasteiger partial charge in [0.05, 0.1) is 42.7 Å². The van der Waals surface area contributed by atoms with Crippen molar-refractivity contribution in [2.75, 3.05) is 34.0 Å². The number of rotatable bonds is 11. The zero-order chi connectivity index (χ0) is 31.2. The Balaban J connectivity index is 1.44. The number of hydrogen-bond donors (Lipinski definition) is 0. The first-order valence-electron chi connectivity index (χ1n) is 14.2. The Kier molecular flexibility index (Phi) is 9.50. The molecular weight excluding hydrogens is 580 g/mol. The number of carbonyl (C=O) groups is 1. The molecule has 0 aliphatic carbocycles. The van der Waals surface area contributed by atoms with E-state index in [1.165, 1.54) is 16.9 Å². The number of carbonyl (C=O) groups excluding carboxylic acids is 1. The maximum Gasteiger partial charge on any atom is 0.338 e. The molecule has 1 aliphatic heterocycles. The Morgan fingerprint density at radius 3 is 2.30 bits per heavy atom. The second-order valence-electron chi connectivity index (χ2n) is 10.00. The number of fused-ring (bicyclic) bond motifs is 1. The number of hydrogen-bond acceptors (Lipinski definition) is 9. The Bertz CT molecular complexity index is 1860. The van der Waals surface area contributed by atoms with Gasteiger partial charge in [0.1, 0.15) is 24.7 Å². The Morgan fingerprint density at radius 2 is 1.61 bits per heavy atom. The van der Waals surface area contributed by atoms with Crippen LogP contribution in [-0.4, -0.2) is 44.6 Å². The van der Waals surface area contributed by atoms with Crippen molar-refractivity contribution in [3.63, 3.8) is 0 Å². The van der Waals surface area contributed by atoms with Gasteiger partial charge in [-0.1, -0.05) is 47.2 Å². The molecule has 0 bridgehead atoms. The van der Waals surface area contributed by atoms with Gasteiger partial charge in [0.25, 0.3) is 5.56 Å². The minimum Gasteiger partial charge on any atom is -0.497 e. The fourth-order valence-electron chi connectivity index (χ4n) is 4.88. The lowest BCUT2D eigenvalue weighted by Gasteiger charge is -2.24. The third-order valence-corrected chi connectivity index (χ3v) is 8.05. The molecule has 3 aromatic carbocycles. The summed E-state index contributed by atoms with van der Waals surface area (Å²) in [4.78, 5) is 32.1. The van der Waals surface area contributed by atoms with Gasteiger partial charge in [-0.15, -0.1) is 0 Å². The van der Waals surface area contributed by atoms with E-state index in [-0.39, 0.29) is 12.2 Å². The van der Waals surface area contributed by atoms with Crippen LogP contribution in [0, 0.1) is 6.92 Å². The number of allylic oxidation sites excluding steroid dienone is 1. The highest BCUT2D eigenvalue weighted by atomic mass is 32.1. The summed E-state index contributed by atoms with van der Waals surface area (Å²) in [6, 6.07) is 19.9. The molecule has 0 saturated heterocycles. The number of ether oxygens (including phenoxy) is 5. The number of methoxy groups -OCH3 is 2. The van der Waals surface area contributed by atoms with Gasteiger partial charge in [0.15, 0.2) is 16.3 Å².